The number of hydrogen-bond donors (Lipinski definition) is 2. The van der Waals surface area contributed by atoms with Gasteiger partial charge in [-0.1, -0.05) is 6.92 Å². The van der Waals surface area contributed by atoms with Crippen molar-refractivity contribution in [1.82, 2.24) is 20.1 Å². The second kappa shape index (κ2) is 6.50. The zero-order chi connectivity index (χ0) is 14.6. The van der Waals surface area contributed by atoms with Crippen LogP contribution in [0.3, 0.4) is 0 Å². The fourth-order valence-corrected chi connectivity index (χ4v) is 2.16. The van der Waals surface area contributed by atoms with Gasteiger partial charge < -0.3 is 4.90 Å². The largest absolute Gasteiger partial charge is 0.303 e. The van der Waals surface area contributed by atoms with Gasteiger partial charge in [-0.3, -0.25) is 16.0 Å². The Kier molecular flexibility index (Phi) is 5.52. The van der Waals surface area contributed by atoms with Gasteiger partial charge in [-0.25, -0.2) is 0 Å². The number of aromatic nitrogens is 2. The molecule has 1 aromatic heterocycles. The highest BCUT2D eigenvalue weighted by Crippen LogP contribution is 2.20. The topological polar surface area (TPSA) is 59.1 Å². The van der Waals surface area contributed by atoms with Crippen molar-refractivity contribution in [3.63, 3.8) is 0 Å². The van der Waals surface area contributed by atoms with Crippen LogP contribution in [0.25, 0.3) is 0 Å². The molecule has 5 heteroatoms. The van der Waals surface area contributed by atoms with Crippen molar-refractivity contribution >= 4 is 0 Å². The van der Waals surface area contributed by atoms with E-state index in [4.69, 9.17) is 5.84 Å². The van der Waals surface area contributed by atoms with E-state index < -0.39 is 0 Å². The van der Waals surface area contributed by atoms with E-state index in [2.05, 4.69) is 68.0 Å². The van der Waals surface area contributed by atoms with Crippen LogP contribution in [0, 0.1) is 0 Å². The second-order valence-corrected chi connectivity index (χ2v) is 5.77. The third kappa shape index (κ3) is 3.55. The molecular weight excluding hydrogens is 238 g/mol. The van der Waals surface area contributed by atoms with Crippen LogP contribution in [0.15, 0.2) is 6.07 Å². The Morgan fingerprint density at radius 2 is 2.05 bits per heavy atom. The van der Waals surface area contributed by atoms with Crippen LogP contribution in [-0.2, 0) is 19.4 Å². The summed E-state index contributed by atoms with van der Waals surface area (Å²) in [4.78, 5) is 2.20. The molecule has 0 aliphatic heterocycles. The summed E-state index contributed by atoms with van der Waals surface area (Å²) >= 11 is 0. The van der Waals surface area contributed by atoms with Gasteiger partial charge in [0.15, 0.2) is 0 Å². The van der Waals surface area contributed by atoms with E-state index >= 15 is 0 Å². The number of likely N-dealkylation sites (N-methyl/N-ethyl adjacent to an activating group) is 1. The molecule has 0 saturated carbocycles. The van der Waals surface area contributed by atoms with Gasteiger partial charge >= 0.3 is 0 Å². The third-order valence-electron chi connectivity index (χ3n) is 4.20. The molecule has 1 atom stereocenters. The molecule has 1 rings (SSSR count). The molecule has 0 spiro atoms. The fraction of sp³-hybridized carbons (Fsp3) is 0.786. The lowest BCUT2D eigenvalue weighted by Gasteiger charge is -2.39. The van der Waals surface area contributed by atoms with E-state index in [1.807, 2.05) is 0 Å². The SMILES string of the molecule is CCc1cc(CC(NN)C(C)(C)N(C)C)n(CC)n1. The summed E-state index contributed by atoms with van der Waals surface area (Å²) in [7, 11) is 4.16. The Balaban J connectivity index is 2.95. The molecule has 0 radical (unpaired) electrons. The molecular formula is C14H29N5. The van der Waals surface area contributed by atoms with E-state index in [0.717, 1.165) is 25.1 Å². The molecule has 110 valence electrons. The van der Waals surface area contributed by atoms with E-state index in [-0.39, 0.29) is 11.6 Å². The summed E-state index contributed by atoms with van der Waals surface area (Å²) in [6, 6.07) is 2.37. The molecule has 1 aromatic rings. The van der Waals surface area contributed by atoms with Crippen molar-refractivity contribution in [3.05, 3.63) is 17.5 Å². The Morgan fingerprint density at radius 1 is 1.42 bits per heavy atom. The Bertz CT molecular complexity index is 395. The van der Waals surface area contributed by atoms with Gasteiger partial charge in [-0.15, -0.1) is 0 Å². The first-order valence-electron chi connectivity index (χ1n) is 7.05. The van der Waals surface area contributed by atoms with Crippen molar-refractivity contribution in [2.45, 2.75) is 58.7 Å². The van der Waals surface area contributed by atoms with Crippen molar-refractivity contribution in [2.75, 3.05) is 14.1 Å². The van der Waals surface area contributed by atoms with Crippen molar-refractivity contribution in [3.8, 4) is 0 Å². The van der Waals surface area contributed by atoms with E-state index in [9.17, 15) is 0 Å². The second-order valence-electron chi connectivity index (χ2n) is 5.77. The van der Waals surface area contributed by atoms with Crippen LogP contribution in [0.5, 0.6) is 0 Å². The molecule has 0 amide bonds. The van der Waals surface area contributed by atoms with Gasteiger partial charge in [0.1, 0.15) is 0 Å². The summed E-state index contributed by atoms with van der Waals surface area (Å²) in [5, 5.41) is 4.60. The van der Waals surface area contributed by atoms with Gasteiger partial charge in [0, 0.05) is 30.2 Å². The first-order valence-corrected chi connectivity index (χ1v) is 7.05. The molecule has 0 aromatic carbocycles. The molecule has 0 bridgehead atoms. The number of hydrogen-bond acceptors (Lipinski definition) is 4. The lowest BCUT2D eigenvalue weighted by atomic mass is 9.90. The van der Waals surface area contributed by atoms with Gasteiger partial charge in [0.25, 0.3) is 0 Å². The average Bonchev–Trinajstić information content (AvgIpc) is 2.77. The Hall–Kier alpha value is -0.910. The maximum atomic E-state index is 5.77. The molecule has 0 saturated heterocycles. The van der Waals surface area contributed by atoms with E-state index in [1.165, 1.54) is 5.69 Å². The highest BCUT2D eigenvalue weighted by atomic mass is 15.3. The van der Waals surface area contributed by atoms with E-state index in [1.54, 1.807) is 0 Å². The highest BCUT2D eigenvalue weighted by molar-refractivity contribution is 5.13. The number of hydrazine groups is 1. The smallest absolute Gasteiger partial charge is 0.0624 e. The number of nitrogens with two attached hydrogens (primary N) is 1. The standard InChI is InChI=1S/C14H29N5/c1-7-11-9-12(19(8-2)17-11)10-13(16-15)14(3,4)18(5)6/h9,13,16H,7-8,10,15H2,1-6H3. The van der Waals surface area contributed by atoms with Gasteiger partial charge in [-0.2, -0.15) is 5.10 Å². The molecule has 0 aliphatic carbocycles. The summed E-state index contributed by atoms with van der Waals surface area (Å²) in [5.41, 5.74) is 5.34. The predicted octanol–water partition coefficient (Wildman–Crippen LogP) is 1.18. The Labute approximate surface area is 117 Å². The molecule has 1 heterocycles. The minimum absolute atomic E-state index is 0.0238. The average molecular weight is 267 g/mol. The molecule has 0 fully saturated rings. The van der Waals surface area contributed by atoms with Crippen LogP contribution in [-0.4, -0.2) is 40.4 Å². The lowest BCUT2D eigenvalue weighted by Crippen LogP contribution is -2.58. The van der Waals surface area contributed by atoms with Crippen LogP contribution in [0.1, 0.15) is 39.1 Å². The first kappa shape index (κ1) is 16.1. The van der Waals surface area contributed by atoms with E-state index in [0.29, 0.717) is 0 Å². The fourth-order valence-electron chi connectivity index (χ4n) is 2.16. The van der Waals surface area contributed by atoms with Crippen LogP contribution >= 0.6 is 0 Å². The normalized spacial score (nSPS) is 14.1. The third-order valence-corrected chi connectivity index (χ3v) is 4.20. The van der Waals surface area contributed by atoms with Gasteiger partial charge in [0.2, 0.25) is 0 Å². The Morgan fingerprint density at radius 3 is 2.47 bits per heavy atom. The van der Waals surface area contributed by atoms with Crippen LogP contribution in [0.2, 0.25) is 0 Å². The summed E-state index contributed by atoms with van der Waals surface area (Å²) < 4.78 is 2.08. The quantitative estimate of drug-likeness (QED) is 0.575. The summed E-state index contributed by atoms with van der Waals surface area (Å²) in [6.45, 7) is 9.55. The number of nitrogens with one attached hydrogen (secondary N) is 1. The van der Waals surface area contributed by atoms with Crippen molar-refractivity contribution in [1.29, 1.82) is 0 Å². The molecule has 19 heavy (non-hydrogen) atoms. The minimum atomic E-state index is -0.0238. The maximum Gasteiger partial charge on any atom is 0.0624 e. The first-order chi connectivity index (χ1) is 8.86. The van der Waals surface area contributed by atoms with Crippen molar-refractivity contribution in [2.24, 2.45) is 5.84 Å². The monoisotopic (exact) mass is 267 g/mol. The number of aryl methyl sites for hydroxylation is 2. The predicted molar refractivity (Wildman–Crippen MR) is 79.9 cm³/mol. The van der Waals surface area contributed by atoms with Gasteiger partial charge in [0.05, 0.1) is 5.69 Å². The summed E-state index contributed by atoms with van der Waals surface area (Å²) in [6.07, 6.45) is 1.85. The molecule has 0 aliphatic rings. The zero-order valence-electron chi connectivity index (χ0n) is 13.2. The highest BCUT2D eigenvalue weighted by Gasteiger charge is 2.31. The number of rotatable bonds is 7. The minimum Gasteiger partial charge on any atom is -0.303 e. The molecule has 3 N–H and O–H groups in total. The van der Waals surface area contributed by atoms with Crippen molar-refractivity contribution < 1.29 is 0 Å². The van der Waals surface area contributed by atoms with Crippen LogP contribution in [0.4, 0.5) is 0 Å². The summed E-state index contributed by atoms with van der Waals surface area (Å²) in [5.74, 6) is 5.77. The zero-order valence-corrected chi connectivity index (χ0v) is 13.2. The molecule has 1 unspecified atom stereocenters. The van der Waals surface area contributed by atoms with Gasteiger partial charge in [-0.05, 0) is 47.4 Å². The van der Waals surface area contributed by atoms with Crippen LogP contribution < -0.4 is 11.3 Å². The maximum absolute atomic E-state index is 5.77. The molecule has 5 nitrogen and oxygen atoms in total. The number of nitrogens with zero attached hydrogens (tertiary/aromatic N) is 3. The lowest BCUT2D eigenvalue weighted by molar-refractivity contribution is 0.136.